The summed E-state index contributed by atoms with van der Waals surface area (Å²) in [5.74, 6) is -0.439. The van der Waals surface area contributed by atoms with Crippen LogP contribution in [-0.2, 0) is 0 Å². The van der Waals surface area contributed by atoms with Gasteiger partial charge in [-0.1, -0.05) is 31.2 Å². The van der Waals surface area contributed by atoms with Gasteiger partial charge in [-0.05, 0) is 47.7 Å². The third-order valence-electron chi connectivity index (χ3n) is 3.86. The van der Waals surface area contributed by atoms with Gasteiger partial charge in [0.2, 0.25) is 0 Å². The minimum atomic E-state index is -3.40. The summed E-state index contributed by atoms with van der Waals surface area (Å²) in [5, 5.41) is 0. The van der Waals surface area contributed by atoms with Crippen LogP contribution in [0.4, 0.5) is 21.5 Å². The maximum Gasteiger partial charge on any atom is 0.148 e. The van der Waals surface area contributed by atoms with Crippen molar-refractivity contribution in [3.05, 3.63) is 54.3 Å². The van der Waals surface area contributed by atoms with Gasteiger partial charge in [-0.3, -0.25) is 13.4 Å². The molecule has 0 saturated carbocycles. The van der Waals surface area contributed by atoms with Crippen molar-refractivity contribution in [1.29, 1.82) is 0 Å². The zero-order chi connectivity index (χ0) is 16.6. The normalized spacial score (nSPS) is 18.7. The summed E-state index contributed by atoms with van der Waals surface area (Å²) >= 11 is 0. The Morgan fingerprint density at radius 1 is 1.04 bits per heavy atom. The fourth-order valence-corrected chi connectivity index (χ4v) is 4.54. The molecular weight excluding hydrogens is 317 g/mol. The van der Waals surface area contributed by atoms with Crippen LogP contribution in [0, 0.1) is 11.7 Å². The van der Waals surface area contributed by atoms with Gasteiger partial charge < -0.3 is 5.73 Å². The Morgan fingerprint density at radius 3 is 2.22 bits per heavy atom. The van der Waals surface area contributed by atoms with Crippen molar-refractivity contribution in [2.75, 3.05) is 21.7 Å². The summed E-state index contributed by atoms with van der Waals surface area (Å²) in [4.78, 5) is 0. The summed E-state index contributed by atoms with van der Waals surface area (Å²) < 4.78 is 38.7. The van der Waals surface area contributed by atoms with Gasteiger partial charge in [0, 0.05) is 6.54 Å². The van der Waals surface area contributed by atoms with Crippen molar-refractivity contribution in [2.45, 2.75) is 6.92 Å². The van der Waals surface area contributed by atoms with E-state index in [0.717, 1.165) is 0 Å². The lowest BCUT2D eigenvalue weighted by atomic mass is 10.1. The van der Waals surface area contributed by atoms with Gasteiger partial charge in [-0.15, -0.1) is 0 Å². The van der Waals surface area contributed by atoms with E-state index >= 15 is 0 Å². The Hall–Kier alpha value is -1.80. The molecule has 0 aliphatic carbocycles. The van der Waals surface area contributed by atoms with E-state index in [-0.39, 0.29) is 11.6 Å². The molecule has 1 heterocycles. The molecule has 0 saturated heterocycles. The number of hydrogen-bond donors (Lipinski definition) is 3. The Balaban J connectivity index is 2.12. The molecule has 0 amide bonds. The fourth-order valence-electron chi connectivity index (χ4n) is 2.64. The molecule has 0 spiro atoms. The lowest BCUT2D eigenvalue weighted by molar-refractivity contribution is 0.475. The van der Waals surface area contributed by atoms with Gasteiger partial charge in [0.15, 0.2) is 0 Å². The Morgan fingerprint density at radius 2 is 1.61 bits per heavy atom. The number of halogens is 1. The van der Waals surface area contributed by atoms with Gasteiger partial charge in [0.1, 0.15) is 11.5 Å². The molecule has 1 aliphatic heterocycles. The molecule has 7 heteroatoms. The minimum absolute atomic E-state index is 0.0646. The van der Waals surface area contributed by atoms with Gasteiger partial charge >= 0.3 is 0 Å². The van der Waals surface area contributed by atoms with Gasteiger partial charge in [0.25, 0.3) is 0 Å². The van der Waals surface area contributed by atoms with Crippen LogP contribution >= 0.6 is 11.0 Å². The highest BCUT2D eigenvalue weighted by molar-refractivity contribution is 8.27. The number of rotatable bonds is 4. The van der Waals surface area contributed by atoms with Crippen molar-refractivity contribution >= 4 is 28.0 Å². The van der Waals surface area contributed by atoms with E-state index in [1.807, 2.05) is 13.0 Å². The SMILES string of the molecule is C[C@H](CN)CN1c2ccccc2N(c2ccccc2F)S1(O)O. The molecule has 1 atom stereocenters. The molecule has 0 aromatic heterocycles. The monoisotopic (exact) mass is 337 g/mol. The maximum absolute atomic E-state index is 14.2. The number of para-hydroxylation sites is 3. The number of benzene rings is 2. The molecule has 1 aliphatic rings. The second kappa shape index (κ2) is 6.01. The number of nitrogens with zero attached hydrogens (tertiary/aromatic N) is 2. The summed E-state index contributed by atoms with van der Waals surface area (Å²) in [5.41, 5.74) is 7.05. The molecule has 0 unspecified atom stereocenters. The van der Waals surface area contributed by atoms with Crippen molar-refractivity contribution < 1.29 is 13.5 Å². The summed E-state index contributed by atoms with van der Waals surface area (Å²) in [7, 11) is -3.40. The molecule has 0 fully saturated rings. The second-order valence-electron chi connectivity index (χ2n) is 5.63. The fraction of sp³-hybridized carbons (Fsp3) is 0.250. The van der Waals surface area contributed by atoms with Crippen molar-refractivity contribution in [3.63, 3.8) is 0 Å². The summed E-state index contributed by atoms with van der Waals surface area (Å²) in [6.07, 6.45) is 0. The number of fused-ring (bicyclic) bond motifs is 1. The predicted octanol–water partition coefficient (Wildman–Crippen LogP) is 3.96. The molecular formula is C16H20FN3O2S. The maximum atomic E-state index is 14.2. The predicted molar refractivity (Wildman–Crippen MR) is 93.4 cm³/mol. The van der Waals surface area contributed by atoms with E-state index in [2.05, 4.69) is 0 Å². The van der Waals surface area contributed by atoms with E-state index in [0.29, 0.717) is 24.5 Å². The van der Waals surface area contributed by atoms with Crippen molar-refractivity contribution in [2.24, 2.45) is 11.7 Å². The summed E-state index contributed by atoms with van der Waals surface area (Å²) in [6, 6.07) is 13.2. The van der Waals surface area contributed by atoms with Crippen LogP contribution in [0.5, 0.6) is 0 Å². The third-order valence-corrected chi connectivity index (χ3v) is 5.68. The van der Waals surface area contributed by atoms with Crippen LogP contribution in [0.25, 0.3) is 0 Å². The first-order valence-electron chi connectivity index (χ1n) is 7.36. The lowest BCUT2D eigenvalue weighted by Crippen LogP contribution is -2.36. The molecule has 2 aromatic carbocycles. The Labute approximate surface area is 136 Å². The van der Waals surface area contributed by atoms with E-state index in [1.165, 1.54) is 20.7 Å². The number of anilines is 3. The average Bonchev–Trinajstić information content (AvgIpc) is 2.75. The first kappa shape index (κ1) is 16.1. The summed E-state index contributed by atoms with van der Waals surface area (Å²) in [6.45, 7) is 2.73. The molecule has 3 rings (SSSR count). The molecule has 5 nitrogen and oxygen atoms in total. The quantitative estimate of drug-likeness (QED) is 0.787. The molecule has 0 bridgehead atoms. The van der Waals surface area contributed by atoms with Gasteiger partial charge in [-0.2, -0.15) is 0 Å². The smallest absolute Gasteiger partial charge is 0.148 e. The Bertz CT molecular complexity index is 713. The molecule has 2 aromatic rings. The van der Waals surface area contributed by atoms with Crippen LogP contribution in [0.3, 0.4) is 0 Å². The zero-order valence-electron chi connectivity index (χ0n) is 12.8. The van der Waals surface area contributed by atoms with Crippen molar-refractivity contribution in [1.82, 2.24) is 0 Å². The van der Waals surface area contributed by atoms with Crippen LogP contribution in [-0.4, -0.2) is 22.2 Å². The van der Waals surface area contributed by atoms with E-state index in [4.69, 9.17) is 5.73 Å². The van der Waals surface area contributed by atoms with Crippen LogP contribution in [0.15, 0.2) is 48.5 Å². The highest BCUT2D eigenvalue weighted by Crippen LogP contribution is 2.64. The third kappa shape index (κ3) is 2.66. The highest BCUT2D eigenvalue weighted by Gasteiger charge is 2.42. The highest BCUT2D eigenvalue weighted by atomic mass is 32.3. The lowest BCUT2D eigenvalue weighted by Gasteiger charge is -2.44. The van der Waals surface area contributed by atoms with Gasteiger partial charge in [-0.25, -0.2) is 8.70 Å². The molecule has 23 heavy (non-hydrogen) atoms. The first-order chi connectivity index (χ1) is 11.0. The van der Waals surface area contributed by atoms with Crippen LogP contribution in [0.1, 0.15) is 6.92 Å². The average molecular weight is 337 g/mol. The van der Waals surface area contributed by atoms with E-state index < -0.39 is 16.8 Å². The van der Waals surface area contributed by atoms with E-state index in [9.17, 15) is 13.5 Å². The Kier molecular flexibility index (Phi) is 4.20. The number of nitrogens with two attached hydrogens (primary N) is 1. The topological polar surface area (TPSA) is 73.0 Å². The molecule has 4 N–H and O–H groups in total. The van der Waals surface area contributed by atoms with Gasteiger partial charge in [0.05, 0.1) is 11.4 Å². The first-order valence-corrected chi connectivity index (χ1v) is 8.82. The van der Waals surface area contributed by atoms with E-state index in [1.54, 1.807) is 30.3 Å². The van der Waals surface area contributed by atoms with Crippen LogP contribution < -0.4 is 14.3 Å². The van der Waals surface area contributed by atoms with Crippen molar-refractivity contribution in [3.8, 4) is 0 Å². The number of hydrogen-bond acceptors (Lipinski definition) is 5. The molecule has 0 radical (unpaired) electrons. The largest absolute Gasteiger partial charge is 0.330 e. The second-order valence-corrected chi connectivity index (χ2v) is 7.41. The minimum Gasteiger partial charge on any atom is -0.330 e. The zero-order valence-corrected chi connectivity index (χ0v) is 13.6. The molecule has 124 valence electrons. The van der Waals surface area contributed by atoms with Crippen LogP contribution in [0.2, 0.25) is 0 Å². The standard InChI is InChI=1S/C16H20FN3O2S/c1-12(10-18)11-19-15-8-4-5-9-16(15)20(23(19,21)22)14-7-3-2-6-13(14)17/h2-9,12,21-22H,10-11,18H2,1H3/t12-/m1/s1.